The predicted octanol–water partition coefficient (Wildman–Crippen LogP) is 4.99. The van der Waals surface area contributed by atoms with Gasteiger partial charge in [-0.25, -0.2) is 4.79 Å². The summed E-state index contributed by atoms with van der Waals surface area (Å²) in [5.74, 6) is -1.34. The lowest BCUT2D eigenvalue weighted by molar-refractivity contribution is -0.384. The van der Waals surface area contributed by atoms with Crippen molar-refractivity contribution < 1.29 is 24.0 Å². The molecule has 2 aromatic rings. The molecular formula is C26H28N2O6S. The number of ketones is 1. The molecule has 0 unspecified atom stereocenters. The predicted molar refractivity (Wildman–Crippen MR) is 132 cm³/mol. The molecule has 35 heavy (non-hydrogen) atoms. The summed E-state index contributed by atoms with van der Waals surface area (Å²) >= 11 is 1.62. The van der Waals surface area contributed by atoms with Crippen LogP contribution in [0.2, 0.25) is 0 Å². The summed E-state index contributed by atoms with van der Waals surface area (Å²) in [5.41, 5.74) is 2.52. The van der Waals surface area contributed by atoms with Crippen LogP contribution in [0.1, 0.15) is 55.9 Å². The smallest absolute Gasteiger partial charge is 0.336 e. The third-order valence-electron chi connectivity index (χ3n) is 6.18. The number of ether oxygens (including phenoxy) is 2. The van der Waals surface area contributed by atoms with Crippen molar-refractivity contribution in [2.45, 2.75) is 51.6 Å². The first-order valence-corrected chi connectivity index (χ1v) is 12.4. The van der Waals surface area contributed by atoms with E-state index in [0.717, 1.165) is 10.6 Å². The summed E-state index contributed by atoms with van der Waals surface area (Å²) in [6.45, 7) is 5.87. The Morgan fingerprint density at radius 2 is 2.03 bits per heavy atom. The molecule has 1 aliphatic carbocycles. The van der Waals surface area contributed by atoms with E-state index in [1.807, 2.05) is 31.4 Å². The Kier molecular flexibility index (Phi) is 7.47. The number of nitrogens with zero attached hydrogens (tertiary/aromatic N) is 1. The summed E-state index contributed by atoms with van der Waals surface area (Å²) in [5, 5.41) is 16.8. The summed E-state index contributed by atoms with van der Waals surface area (Å²) in [7, 11) is 0. The lowest BCUT2D eigenvalue weighted by Crippen LogP contribution is -2.36. The molecule has 0 saturated carbocycles. The van der Waals surface area contributed by atoms with Crippen LogP contribution in [0.25, 0.3) is 0 Å². The van der Waals surface area contributed by atoms with Crippen LogP contribution in [0.5, 0.6) is 0 Å². The molecule has 0 fully saturated rings. The molecule has 2 heterocycles. The van der Waals surface area contributed by atoms with E-state index < -0.39 is 16.8 Å². The molecule has 1 aliphatic heterocycles. The van der Waals surface area contributed by atoms with E-state index in [9.17, 15) is 19.7 Å². The van der Waals surface area contributed by atoms with Gasteiger partial charge in [0.1, 0.15) is 6.61 Å². The Morgan fingerprint density at radius 3 is 2.71 bits per heavy atom. The van der Waals surface area contributed by atoms with Crippen molar-refractivity contribution in [1.29, 1.82) is 0 Å². The molecule has 1 N–H and O–H groups in total. The largest absolute Gasteiger partial charge is 0.460 e. The zero-order valence-electron chi connectivity index (χ0n) is 19.9. The number of carbonyl (C=O) groups is 2. The van der Waals surface area contributed by atoms with Crippen molar-refractivity contribution in [3.8, 4) is 0 Å². The second kappa shape index (κ2) is 10.5. The van der Waals surface area contributed by atoms with Gasteiger partial charge in [0, 0.05) is 52.2 Å². The fraction of sp³-hybridized carbons (Fsp3) is 0.385. The SMILES string of the molecule is CC1=C(C(=O)OCCOC(C)C)[C@@H](c2cccc([N+](=O)[O-])c2)C2=C(C[C@@H](c3cccs3)CC2=O)N1. The van der Waals surface area contributed by atoms with Crippen LogP contribution >= 0.6 is 11.3 Å². The quantitative estimate of drug-likeness (QED) is 0.237. The third kappa shape index (κ3) is 5.36. The average Bonchev–Trinajstić information content (AvgIpc) is 3.35. The number of dihydropyridines is 1. The molecule has 9 heteroatoms. The van der Waals surface area contributed by atoms with Gasteiger partial charge in [-0.05, 0) is 44.2 Å². The summed E-state index contributed by atoms with van der Waals surface area (Å²) in [4.78, 5) is 38.9. The number of non-ortho nitro benzene ring substituents is 1. The Bertz CT molecular complexity index is 1200. The number of Topliss-reactive ketones (excluding diaryl/α,β-unsaturated/α-hetero) is 1. The molecule has 0 spiro atoms. The topological polar surface area (TPSA) is 108 Å². The number of hydrogen-bond acceptors (Lipinski definition) is 8. The third-order valence-corrected chi connectivity index (χ3v) is 7.21. The van der Waals surface area contributed by atoms with Gasteiger partial charge in [-0.15, -0.1) is 11.3 Å². The second-order valence-electron chi connectivity index (χ2n) is 8.94. The molecule has 184 valence electrons. The number of esters is 1. The van der Waals surface area contributed by atoms with Crippen molar-refractivity contribution in [1.82, 2.24) is 5.32 Å². The minimum Gasteiger partial charge on any atom is -0.460 e. The Morgan fingerprint density at radius 1 is 1.23 bits per heavy atom. The number of nitro benzene ring substituents is 1. The van der Waals surface area contributed by atoms with Gasteiger partial charge in [-0.3, -0.25) is 14.9 Å². The highest BCUT2D eigenvalue weighted by molar-refractivity contribution is 7.10. The maximum Gasteiger partial charge on any atom is 0.336 e. The summed E-state index contributed by atoms with van der Waals surface area (Å²) in [6, 6.07) is 10.1. The Labute approximate surface area is 207 Å². The average molecular weight is 497 g/mol. The minimum absolute atomic E-state index is 0.00693. The lowest BCUT2D eigenvalue weighted by atomic mass is 9.72. The summed E-state index contributed by atoms with van der Waals surface area (Å²) < 4.78 is 11.0. The first kappa shape index (κ1) is 24.8. The van der Waals surface area contributed by atoms with Crippen LogP contribution in [0.15, 0.2) is 64.3 Å². The number of benzene rings is 1. The van der Waals surface area contributed by atoms with Gasteiger partial charge in [-0.2, -0.15) is 0 Å². The number of carbonyl (C=O) groups excluding carboxylic acids is 2. The van der Waals surface area contributed by atoms with E-state index in [1.165, 1.54) is 12.1 Å². The molecule has 0 radical (unpaired) electrons. The number of allylic oxidation sites excluding steroid dienone is 3. The molecule has 4 rings (SSSR count). The maximum atomic E-state index is 13.5. The number of rotatable bonds is 8. The molecule has 0 bridgehead atoms. The fourth-order valence-corrected chi connectivity index (χ4v) is 5.51. The molecule has 2 atom stereocenters. The number of nitrogens with one attached hydrogen (secondary N) is 1. The van der Waals surface area contributed by atoms with Gasteiger partial charge < -0.3 is 14.8 Å². The molecule has 8 nitrogen and oxygen atoms in total. The maximum absolute atomic E-state index is 13.5. The van der Waals surface area contributed by atoms with E-state index in [-0.39, 0.29) is 42.3 Å². The van der Waals surface area contributed by atoms with Gasteiger partial charge in [-0.1, -0.05) is 18.2 Å². The van der Waals surface area contributed by atoms with Crippen LogP contribution < -0.4 is 5.32 Å². The van der Waals surface area contributed by atoms with Crippen LogP contribution in [0, 0.1) is 10.1 Å². The van der Waals surface area contributed by atoms with Gasteiger partial charge in [0.15, 0.2) is 5.78 Å². The highest BCUT2D eigenvalue weighted by Crippen LogP contribution is 2.46. The molecule has 0 amide bonds. The van der Waals surface area contributed by atoms with Gasteiger partial charge in [0.05, 0.1) is 23.2 Å². The highest BCUT2D eigenvalue weighted by atomic mass is 32.1. The van der Waals surface area contributed by atoms with Crippen molar-refractivity contribution >= 4 is 28.8 Å². The van der Waals surface area contributed by atoms with Gasteiger partial charge in [0.2, 0.25) is 0 Å². The standard InChI is InChI=1S/C26H28N2O6S/c1-15(2)33-9-10-34-26(30)23-16(3)27-20-13-18(22-8-5-11-35-22)14-21(29)25(20)24(23)17-6-4-7-19(12-17)28(31)32/h4-8,11-12,15,18,24,27H,9-10,13-14H2,1-3H3/t18-,24-/m1/s1. The van der Waals surface area contributed by atoms with Gasteiger partial charge >= 0.3 is 5.97 Å². The van der Waals surface area contributed by atoms with E-state index in [1.54, 1.807) is 30.4 Å². The monoisotopic (exact) mass is 496 g/mol. The molecular weight excluding hydrogens is 468 g/mol. The highest BCUT2D eigenvalue weighted by Gasteiger charge is 2.42. The van der Waals surface area contributed by atoms with Crippen LogP contribution in [-0.4, -0.2) is 36.0 Å². The van der Waals surface area contributed by atoms with E-state index in [4.69, 9.17) is 9.47 Å². The van der Waals surface area contributed by atoms with Crippen LogP contribution in [-0.2, 0) is 19.1 Å². The van der Waals surface area contributed by atoms with Crippen LogP contribution in [0.4, 0.5) is 5.69 Å². The minimum atomic E-state index is -0.749. The number of thiophene rings is 1. The molecule has 0 saturated heterocycles. The van der Waals surface area contributed by atoms with E-state index >= 15 is 0 Å². The Balaban J connectivity index is 1.72. The van der Waals surface area contributed by atoms with Crippen molar-refractivity contribution in [3.63, 3.8) is 0 Å². The zero-order valence-corrected chi connectivity index (χ0v) is 20.7. The molecule has 1 aromatic carbocycles. The first-order chi connectivity index (χ1) is 16.8. The van der Waals surface area contributed by atoms with Crippen molar-refractivity contribution in [3.05, 3.63) is 84.9 Å². The van der Waals surface area contributed by atoms with E-state index in [0.29, 0.717) is 29.7 Å². The zero-order chi connectivity index (χ0) is 25.1. The Hall–Kier alpha value is -3.30. The van der Waals surface area contributed by atoms with Crippen molar-refractivity contribution in [2.75, 3.05) is 13.2 Å². The lowest BCUT2D eigenvalue weighted by Gasteiger charge is -2.36. The van der Waals surface area contributed by atoms with Crippen molar-refractivity contribution in [2.24, 2.45) is 0 Å². The summed E-state index contributed by atoms with van der Waals surface area (Å²) in [6.07, 6.45) is 0.942. The van der Waals surface area contributed by atoms with Gasteiger partial charge in [0.25, 0.3) is 5.69 Å². The number of nitro groups is 1. The molecule has 1 aromatic heterocycles. The van der Waals surface area contributed by atoms with Crippen LogP contribution in [0.3, 0.4) is 0 Å². The normalized spacial score (nSPS) is 20.1. The fourth-order valence-electron chi connectivity index (χ4n) is 4.68. The number of hydrogen-bond donors (Lipinski definition) is 1. The first-order valence-electron chi connectivity index (χ1n) is 11.6. The van der Waals surface area contributed by atoms with E-state index in [2.05, 4.69) is 5.32 Å². The second-order valence-corrected chi connectivity index (χ2v) is 9.92. The molecule has 2 aliphatic rings.